The molecule has 0 aliphatic carbocycles. The van der Waals surface area contributed by atoms with Crippen molar-refractivity contribution >= 4 is 22.2 Å². The molecule has 0 radical (unpaired) electrons. The van der Waals surface area contributed by atoms with Gasteiger partial charge >= 0.3 is 0 Å². The molecule has 1 rings (SSSR count). The van der Waals surface area contributed by atoms with Gasteiger partial charge < -0.3 is 14.6 Å². The Hall–Kier alpha value is -1.10. The molecule has 0 fully saturated rings. The first kappa shape index (κ1) is 13.0. The normalized spacial score (nSPS) is 12.2. The summed E-state index contributed by atoms with van der Waals surface area (Å²) in [6.07, 6.45) is 0.880. The Kier molecular flexibility index (Phi) is 4.29. The summed E-state index contributed by atoms with van der Waals surface area (Å²) in [5, 5.41) is 9.60. The highest BCUT2D eigenvalue weighted by atomic mass is 79.9. The highest BCUT2D eigenvalue weighted by molar-refractivity contribution is 9.10. The summed E-state index contributed by atoms with van der Waals surface area (Å²) < 4.78 is 19.0. The Morgan fingerprint density at radius 3 is 2.81 bits per heavy atom. The van der Waals surface area contributed by atoms with Gasteiger partial charge in [-0.2, -0.15) is 0 Å². The maximum atomic E-state index is 13.8. The number of phenolic OH excluding ortho intramolecular Hbond substituents is 1. The van der Waals surface area contributed by atoms with E-state index in [1.54, 1.807) is 6.92 Å². The van der Waals surface area contributed by atoms with Crippen LogP contribution in [-0.2, 0) is 4.79 Å². The number of rotatable bonds is 4. The zero-order valence-corrected chi connectivity index (χ0v) is 10.5. The first-order chi connectivity index (χ1) is 7.52. The van der Waals surface area contributed by atoms with Crippen LogP contribution in [0, 0.1) is 5.82 Å². The van der Waals surface area contributed by atoms with E-state index in [9.17, 15) is 14.3 Å². The van der Waals surface area contributed by atoms with Crippen LogP contribution in [0.4, 0.5) is 4.39 Å². The van der Waals surface area contributed by atoms with Gasteiger partial charge in [0, 0.05) is 18.1 Å². The minimum atomic E-state index is -0.510. The predicted molar refractivity (Wildman–Crippen MR) is 61.4 cm³/mol. The average molecular weight is 291 g/mol. The monoisotopic (exact) mass is 290 g/mol. The molecular formula is C11H12BrFO3. The largest absolute Gasteiger partial charge is 0.504 e. The molecule has 1 atom stereocenters. The first-order valence-corrected chi connectivity index (χ1v) is 5.50. The Morgan fingerprint density at radius 2 is 2.31 bits per heavy atom. The molecule has 88 valence electrons. The second-order valence-corrected chi connectivity index (χ2v) is 4.30. The lowest BCUT2D eigenvalue weighted by Gasteiger charge is -2.16. The fourth-order valence-electron chi connectivity index (χ4n) is 1.53. The highest BCUT2D eigenvalue weighted by Crippen LogP contribution is 2.41. The third kappa shape index (κ3) is 2.35. The smallest absolute Gasteiger partial charge is 0.166 e. The highest BCUT2D eigenvalue weighted by Gasteiger charge is 2.22. The predicted octanol–water partition coefficient (Wildman–Crippen LogP) is 2.99. The fourth-order valence-corrected chi connectivity index (χ4v) is 1.96. The molecule has 0 saturated heterocycles. The summed E-state index contributed by atoms with van der Waals surface area (Å²) in [5.41, 5.74) is 0.210. The number of aldehydes is 1. The number of hydrogen-bond acceptors (Lipinski definition) is 3. The van der Waals surface area contributed by atoms with Gasteiger partial charge in [0.1, 0.15) is 12.1 Å². The molecule has 3 nitrogen and oxygen atoms in total. The number of phenols is 1. The third-order valence-electron chi connectivity index (χ3n) is 2.33. The molecule has 1 aromatic carbocycles. The quantitative estimate of drug-likeness (QED) is 0.867. The number of carbonyl (C=O) groups is 1. The van der Waals surface area contributed by atoms with E-state index in [1.165, 1.54) is 13.2 Å². The van der Waals surface area contributed by atoms with E-state index in [4.69, 9.17) is 4.74 Å². The zero-order chi connectivity index (χ0) is 12.3. The minimum Gasteiger partial charge on any atom is -0.504 e. The molecule has 0 heterocycles. The fraction of sp³-hybridized carbons (Fsp3) is 0.364. The third-order valence-corrected chi connectivity index (χ3v) is 2.91. The van der Waals surface area contributed by atoms with Gasteiger partial charge in [-0.1, -0.05) is 6.92 Å². The Labute approximate surface area is 101 Å². The van der Waals surface area contributed by atoms with Crippen molar-refractivity contribution in [3.63, 3.8) is 0 Å². The SMILES string of the molecule is COc1c(O)cc(Br)c(F)c1C(C)CC=O. The molecule has 1 N–H and O–H groups in total. The van der Waals surface area contributed by atoms with Gasteiger partial charge in [0.25, 0.3) is 0 Å². The molecule has 5 heteroatoms. The van der Waals surface area contributed by atoms with Gasteiger partial charge in [-0.3, -0.25) is 0 Å². The van der Waals surface area contributed by atoms with Crippen LogP contribution in [0.5, 0.6) is 11.5 Å². The topological polar surface area (TPSA) is 46.5 Å². The maximum Gasteiger partial charge on any atom is 0.166 e. The number of ether oxygens (including phenoxy) is 1. The van der Waals surface area contributed by atoms with E-state index < -0.39 is 5.82 Å². The lowest BCUT2D eigenvalue weighted by atomic mass is 9.96. The summed E-state index contributed by atoms with van der Waals surface area (Å²) in [5.74, 6) is -0.932. The van der Waals surface area contributed by atoms with E-state index in [-0.39, 0.29) is 33.9 Å². The zero-order valence-electron chi connectivity index (χ0n) is 8.96. The second-order valence-electron chi connectivity index (χ2n) is 3.44. The maximum absolute atomic E-state index is 13.8. The molecule has 0 aliphatic rings. The summed E-state index contributed by atoms with van der Waals surface area (Å²) in [7, 11) is 1.35. The van der Waals surface area contributed by atoms with Crippen molar-refractivity contribution in [2.24, 2.45) is 0 Å². The van der Waals surface area contributed by atoms with Gasteiger partial charge in [-0.15, -0.1) is 0 Å². The van der Waals surface area contributed by atoms with Crippen LogP contribution in [0.1, 0.15) is 24.8 Å². The molecule has 0 amide bonds. The van der Waals surface area contributed by atoms with Crippen molar-refractivity contribution in [1.82, 2.24) is 0 Å². The molecule has 1 unspecified atom stereocenters. The summed E-state index contributed by atoms with van der Waals surface area (Å²) in [4.78, 5) is 10.4. The van der Waals surface area contributed by atoms with Crippen molar-refractivity contribution in [1.29, 1.82) is 0 Å². The van der Waals surface area contributed by atoms with Crippen molar-refractivity contribution in [3.05, 3.63) is 21.9 Å². The Balaban J connectivity index is 3.37. The molecule has 0 saturated carbocycles. The molecule has 1 aromatic rings. The number of aromatic hydroxyl groups is 1. The van der Waals surface area contributed by atoms with Crippen LogP contribution < -0.4 is 4.74 Å². The van der Waals surface area contributed by atoms with Gasteiger partial charge in [0.2, 0.25) is 0 Å². The van der Waals surface area contributed by atoms with Crippen LogP contribution in [0.15, 0.2) is 10.5 Å². The second kappa shape index (κ2) is 5.30. The van der Waals surface area contributed by atoms with Crippen molar-refractivity contribution < 1.29 is 19.0 Å². The van der Waals surface area contributed by atoms with Crippen molar-refractivity contribution in [2.45, 2.75) is 19.3 Å². The number of hydrogen-bond donors (Lipinski definition) is 1. The number of halogens is 2. The molecule has 16 heavy (non-hydrogen) atoms. The standard InChI is InChI=1S/C11H12BrFO3/c1-6(3-4-14)9-10(13)7(12)5-8(15)11(9)16-2/h4-6,15H,3H2,1-2H3. The van der Waals surface area contributed by atoms with Crippen LogP contribution in [-0.4, -0.2) is 18.5 Å². The Bertz CT molecular complexity index is 407. The summed E-state index contributed by atoms with van der Waals surface area (Å²) in [6, 6.07) is 1.23. The molecular weight excluding hydrogens is 279 g/mol. The van der Waals surface area contributed by atoms with Gasteiger partial charge in [-0.05, 0) is 21.8 Å². The van der Waals surface area contributed by atoms with E-state index in [0.717, 1.165) is 0 Å². The average Bonchev–Trinajstić information content (AvgIpc) is 2.23. The molecule has 0 aliphatic heterocycles. The lowest BCUT2D eigenvalue weighted by Crippen LogP contribution is -2.03. The van der Waals surface area contributed by atoms with Crippen LogP contribution in [0.3, 0.4) is 0 Å². The van der Waals surface area contributed by atoms with Crippen molar-refractivity contribution in [2.75, 3.05) is 7.11 Å². The molecule has 0 spiro atoms. The minimum absolute atomic E-state index is 0.0788. The Morgan fingerprint density at radius 1 is 1.69 bits per heavy atom. The summed E-state index contributed by atoms with van der Waals surface area (Å²) in [6.45, 7) is 1.70. The number of benzene rings is 1. The van der Waals surface area contributed by atoms with E-state index in [0.29, 0.717) is 6.29 Å². The van der Waals surface area contributed by atoms with E-state index >= 15 is 0 Å². The van der Waals surface area contributed by atoms with Crippen molar-refractivity contribution in [3.8, 4) is 11.5 Å². The first-order valence-electron chi connectivity index (χ1n) is 4.71. The number of methoxy groups -OCH3 is 1. The van der Waals surface area contributed by atoms with Crippen LogP contribution in [0.2, 0.25) is 0 Å². The molecule has 0 aromatic heterocycles. The number of carbonyl (C=O) groups excluding carboxylic acids is 1. The van der Waals surface area contributed by atoms with Crippen LogP contribution in [0.25, 0.3) is 0 Å². The van der Waals surface area contributed by atoms with Crippen LogP contribution >= 0.6 is 15.9 Å². The lowest BCUT2D eigenvalue weighted by molar-refractivity contribution is -0.108. The van der Waals surface area contributed by atoms with Gasteiger partial charge in [-0.25, -0.2) is 4.39 Å². The van der Waals surface area contributed by atoms with E-state index in [1.807, 2.05) is 0 Å². The van der Waals surface area contributed by atoms with Gasteiger partial charge in [0.15, 0.2) is 11.5 Å². The molecule has 0 bridgehead atoms. The summed E-state index contributed by atoms with van der Waals surface area (Å²) >= 11 is 3.00. The van der Waals surface area contributed by atoms with Gasteiger partial charge in [0.05, 0.1) is 11.6 Å². The van der Waals surface area contributed by atoms with E-state index in [2.05, 4.69) is 15.9 Å².